The molecule has 2 heterocycles. The average Bonchev–Trinajstić information content (AvgIpc) is 3.66. The monoisotopic (exact) mass is 547 g/mol. The first kappa shape index (κ1) is 26.2. The molecule has 1 unspecified atom stereocenters. The lowest BCUT2D eigenvalue weighted by Crippen LogP contribution is -2.35. The zero-order valence-electron chi connectivity index (χ0n) is 22.0. The Hall–Kier alpha value is -4.02. The molecule has 0 radical (unpaired) electrons. The molecule has 1 fully saturated rings. The fourth-order valence-electron chi connectivity index (χ4n) is 5.44. The Balaban J connectivity index is 1.53. The van der Waals surface area contributed by atoms with E-state index in [0.717, 1.165) is 25.3 Å². The molecule has 2 atom stereocenters. The zero-order chi connectivity index (χ0) is 28.0. The second-order valence-corrected chi connectivity index (χ2v) is 10.4. The lowest BCUT2D eigenvalue weighted by Gasteiger charge is -2.17. The summed E-state index contributed by atoms with van der Waals surface area (Å²) in [6.07, 6.45) is 3.47. The van der Waals surface area contributed by atoms with Gasteiger partial charge in [0.25, 0.3) is 5.92 Å². The molecule has 0 bridgehead atoms. The molecule has 10 heteroatoms. The summed E-state index contributed by atoms with van der Waals surface area (Å²) in [5.41, 5.74) is 2.17. The number of aryl methyl sites for hydroxylation is 1. The van der Waals surface area contributed by atoms with Crippen LogP contribution in [0.15, 0.2) is 65.3 Å². The van der Waals surface area contributed by atoms with Gasteiger partial charge in [0.15, 0.2) is 11.4 Å². The number of halogens is 3. The number of rotatable bonds is 7. The second kappa shape index (κ2) is 10.2. The van der Waals surface area contributed by atoms with E-state index in [1.807, 2.05) is 30.3 Å². The largest absolute Gasteiger partial charge is 0.435 e. The van der Waals surface area contributed by atoms with Gasteiger partial charge in [-0.2, -0.15) is 0 Å². The first-order valence-electron chi connectivity index (χ1n) is 13.2. The highest BCUT2D eigenvalue weighted by Gasteiger charge is 2.32. The smallest absolute Gasteiger partial charge is 0.274 e. The summed E-state index contributed by atoms with van der Waals surface area (Å²) < 4.78 is 53.0. The maximum atomic E-state index is 15.7. The van der Waals surface area contributed by atoms with E-state index in [2.05, 4.69) is 20.5 Å². The summed E-state index contributed by atoms with van der Waals surface area (Å²) >= 11 is 0. The quantitative estimate of drug-likeness (QED) is 0.252. The van der Waals surface area contributed by atoms with E-state index in [9.17, 15) is 13.9 Å². The van der Waals surface area contributed by atoms with Crippen molar-refractivity contribution in [1.82, 2.24) is 25.1 Å². The molecule has 1 aliphatic carbocycles. The zero-order valence-corrected chi connectivity index (χ0v) is 22.0. The van der Waals surface area contributed by atoms with Crippen molar-refractivity contribution < 1.29 is 22.7 Å². The predicted molar refractivity (Wildman–Crippen MR) is 145 cm³/mol. The molecule has 2 N–H and O–H groups in total. The Bertz CT molecular complexity index is 1680. The molecule has 1 saturated carbocycles. The topological polar surface area (TPSA) is 89.0 Å². The van der Waals surface area contributed by atoms with Gasteiger partial charge in [0.05, 0.1) is 17.2 Å². The molecule has 1 aliphatic rings. The van der Waals surface area contributed by atoms with Crippen molar-refractivity contribution in [3.8, 4) is 34.0 Å². The number of aliphatic hydroxyl groups is 1. The van der Waals surface area contributed by atoms with E-state index in [0.29, 0.717) is 28.9 Å². The molecule has 40 heavy (non-hydrogen) atoms. The highest BCUT2D eigenvalue weighted by atomic mass is 19.3. The van der Waals surface area contributed by atoms with Crippen molar-refractivity contribution >= 4 is 11.1 Å². The molecule has 0 saturated heterocycles. The number of benzene rings is 3. The number of nitrogens with zero attached hydrogens (tertiary/aromatic N) is 4. The van der Waals surface area contributed by atoms with Crippen LogP contribution in [0.1, 0.15) is 37.3 Å². The van der Waals surface area contributed by atoms with E-state index in [4.69, 9.17) is 4.42 Å². The normalized spacial score (nSPS) is 17.6. The summed E-state index contributed by atoms with van der Waals surface area (Å²) in [6, 6.07) is 15.3. The van der Waals surface area contributed by atoms with Crippen LogP contribution in [0.2, 0.25) is 0 Å². The number of alkyl halides is 2. The Morgan fingerprint density at radius 2 is 1.90 bits per heavy atom. The maximum Gasteiger partial charge on any atom is 0.274 e. The van der Waals surface area contributed by atoms with Crippen LogP contribution in [0, 0.1) is 5.82 Å². The Kier molecular flexibility index (Phi) is 6.67. The van der Waals surface area contributed by atoms with E-state index >= 15 is 4.39 Å². The van der Waals surface area contributed by atoms with E-state index in [1.54, 1.807) is 23.7 Å². The molecule has 0 spiro atoms. The number of aliphatic hydroxyl groups excluding tert-OH is 1. The van der Waals surface area contributed by atoms with Crippen LogP contribution in [0.25, 0.3) is 45.1 Å². The van der Waals surface area contributed by atoms with Gasteiger partial charge in [0.2, 0.25) is 5.89 Å². The third kappa shape index (κ3) is 4.77. The number of aromatic nitrogens is 4. The lowest BCUT2D eigenvalue weighted by atomic mass is 9.94. The Morgan fingerprint density at radius 3 is 2.58 bits per heavy atom. The van der Waals surface area contributed by atoms with Gasteiger partial charge in [0.1, 0.15) is 17.7 Å². The standard InChI is InChI=1S/C30H28F3N5O2/c1-30(32,33)20-13-17(15-34-22-9-6-10-24(22)39)14-23-27(20)40-29(36-23)26-21(31)12-11-19(18-7-4-3-5-8-18)25(26)28-37-35-16-38(28)2/h3-5,7-8,11-14,16,22,24,34,39H,6,9-10,15H2,1-2H3/t22?,24-/m1/s1. The SMILES string of the molecule is Cn1cnnc1-c1c(-c2ccccc2)ccc(F)c1-c1nc2cc(CNC3CCC[C@H]3O)cc(C(C)(F)F)c2o1. The molecule has 6 rings (SSSR count). The molecule has 5 aromatic rings. The van der Waals surface area contributed by atoms with E-state index in [-0.39, 0.29) is 40.7 Å². The summed E-state index contributed by atoms with van der Waals surface area (Å²) in [7, 11) is 1.74. The second-order valence-electron chi connectivity index (χ2n) is 10.4. The Labute approximate surface area is 228 Å². The van der Waals surface area contributed by atoms with Crippen LogP contribution in [-0.4, -0.2) is 37.0 Å². The van der Waals surface area contributed by atoms with Gasteiger partial charge < -0.3 is 19.4 Å². The van der Waals surface area contributed by atoms with Gasteiger partial charge in [-0.3, -0.25) is 0 Å². The number of oxazole rings is 1. The van der Waals surface area contributed by atoms with Crippen LogP contribution in [0.5, 0.6) is 0 Å². The van der Waals surface area contributed by atoms with Gasteiger partial charge in [-0.15, -0.1) is 10.2 Å². The molecule has 2 aromatic heterocycles. The average molecular weight is 548 g/mol. The number of fused-ring (bicyclic) bond motifs is 1. The van der Waals surface area contributed by atoms with Crippen LogP contribution in [0.4, 0.5) is 13.2 Å². The number of hydrogen-bond acceptors (Lipinski definition) is 6. The predicted octanol–water partition coefficient (Wildman–Crippen LogP) is 6.21. The van der Waals surface area contributed by atoms with Crippen molar-refractivity contribution in [2.75, 3.05) is 0 Å². The molecular formula is C30H28F3N5O2. The van der Waals surface area contributed by atoms with Crippen molar-refractivity contribution in [3.05, 3.63) is 77.9 Å². The van der Waals surface area contributed by atoms with E-state index in [1.165, 1.54) is 18.5 Å². The van der Waals surface area contributed by atoms with Crippen molar-refractivity contribution in [2.24, 2.45) is 7.05 Å². The Morgan fingerprint density at radius 1 is 1.10 bits per heavy atom. The van der Waals surface area contributed by atoms with Gasteiger partial charge in [-0.1, -0.05) is 36.4 Å². The van der Waals surface area contributed by atoms with Crippen molar-refractivity contribution in [1.29, 1.82) is 0 Å². The third-order valence-corrected chi connectivity index (χ3v) is 7.46. The van der Waals surface area contributed by atoms with Crippen LogP contribution in [0.3, 0.4) is 0 Å². The molecule has 206 valence electrons. The number of nitrogens with one attached hydrogen (secondary N) is 1. The summed E-state index contributed by atoms with van der Waals surface area (Å²) in [5, 5.41) is 21.6. The molecule has 0 aliphatic heterocycles. The fourth-order valence-corrected chi connectivity index (χ4v) is 5.44. The molecule has 7 nitrogen and oxygen atoms in total. The maximum absolute atomic E-state index is 15.7. The molecule has 0 amide bonds. The highest BCUT2D eigenvalue weighted by molar-refractivity contribution is 5.92. The van der Waals surface area contributed by atoms with Gasteiger partial charge in [0, 0.05) is 32.1 Å². The fraction of sp³-hybridized carbons (Fsp3) is 0.300. The summed E-state index contributed by atoms with van der Waals surface area (Å²) in [4.78, 5) is 4.53. The van der Waals surface area contributed by atoms with Crippen LogP contribution in [-0.2, 0) is 19.5 Å². The molecule has 3 aromatic carbocycles. The third-order valence-electron chi connectivity index (χ3n) is 7.46. The summed E-state index contributed by atoms with van der Waals surface area (Å²) in [6.45, 7) is 1.06. The summed E-state index contributed by atoms with van der Waals surface area (Å²) in [5.74, 6) is -3.64. The highest BCUT2D eigenvalue weighted by Crippen LogP contribution is 2.43. The molecular weight excluding hydrogens is 519 g/mol. The minimum Gasteiger partial charge on any atom is -0.435 e. The number of hydrogen-bond donors (Lipinski definition) is 2. The van der Waals surface area contributed by atoms with Crippen molar-refractivity contribution in [2.45, 2.75) is 50.8 Å². The first-order valence-corrected chi connectivity index (χ1v) is 13.2. The van der Waals surface area contributed by atoms with Crippen LogP contribution >= 0.6 is 0 Å². The minimum absolute atomic E-state index is 0.00720. The van der Waals surface area contributed by atoms with Gasteiger partial charge in [-0.05, 0) is 54.2 Å². The first-order chi connectivity index (χ1) is 19.2. The minimum atomic E-state index is -3.24. The lowest BCUT2D eigenvalue weighted by molar-refractivity contribution is 0.0181. The van der Waals surface area contributed by atoms with Crippen LogP contribution < -0.4 is 5.32 Å². The van der Waals surface area contributed by atoms with Crippen molar-refractivity contribution in [3.63, 3.8) is 0 Å². The van der Waals surface area contributed by atoms with Gasteiger partial charge >= 0.3 is 0 Å². The van der Waals surface area contributed by atoms with Gasteiger partial charge in [-0.25, -0.2) is 18.2 Å². The van der Waals surface area contributed by atoms with E-state index < -0.39 is 17.8 Å².